The van der Waals surface area contributed by atoms with Gasteiger partial charge < -0.3 is 10.4 Å². The van der Waals surface area contributed by atoms with Gasteiger partial charge in [0, 0.05) is 17.3 Å². The highest BCUT2D eigenvalue weighted by Crippen LogP contribution is 2.28. The van der Waals surface area contributed by atoms with E-state index < -0.39 is 5.60 Å². The molecule has 106 valence electrons. The Morgan fingerprint density at radius 3 is 2.65 bits per heavy atom. The standard InChI is InChI=1S/C16H21N3O/c20-16(9-5-1-2-6-10-16)12-17-15-14-8-4-3-7-13(14)11-18-19-15/h3-4,7-8,11,20H,1-2,5-6,9-10,12H2,(H,17,19). The largest absolute Gasteiger partial charge is 0.388 e. The number of aromatic nitrogens is 2. The molecule has 0 spiro atoms. The van der Waals surface area contributed by atoms with Crippen molar-refractivity contribution in [2.45, 2.75) is 44.1 Å². The Hall–Kier alpha value is -1.68. The fraction of sp³-hybridized carbons (Fsp3) is 0.500. The van der Waals surface area contributed by atoms with Crippen LogP contribution in [0, 0.1) is 0 Å². The molecule has 1 heterocycles. The average molecular weight is 271 g/mol. The quantitative estimate of drug-likeness (QED) is 0.842. The molecular formula is C16H21N3O. The van der Waals surface area contributed by atoms with Crippen LogP contribution in [-0.2, 0) is 0 Å². The maximum absolute atomic E-state index is 10.7. The summed E-state index contributed by atoms with van der Waals surface area (Å²) < 4.78 is 0. The van der Waals surface area contributed by atoms with E-state index in [4.69, 9.17) is 0 Å². The molecule has 0 saturated heterocycles. The molecule has 0 atom stereocenters. The number of aliphatic hydroxyl groups is 1. The third-order valence-corrected chi connectivity index (χ3v) is 4.19. The first-order valence-corrected chi connectivity index (χ1v) is 7.44. The summed E-state index contributed by atoms with van der Waals surface area (Å²) >= 11 is 0. The van der Waals surface area contributed by atoms with E-state index >= 15 is 0 Å². The Balaban J connectivity index is 1.76. The van der Waals surface area contributed by atoms with E-state index in [0.29, 0.717) is 6.54 Å². The molecule has 20 heavy (non-hydrogen) atoms. The van der Waals surface area contributed by atoms with Crippen LogP contribution in [-0.4, -0.2) is 27.4 Å². The monoisotopic (exact) mass is 271 g/mol. The first-order chi connectivity index (χ1) is 9.77. The van der Waals surface area contributed by atoms with Gasteiger partial charge in [0.1, 0.15) is 0 Å². The summed E-state index contributed by atoms with van der Waals surface area (Å²) in [6.45, 7) is 0.551. The zero-order valence-electron chi connectivity index (χ0n) is 11.7. The van der Waals surface area contributed by atoms with Crippen LogP contribution in [0.25, 0.3) is 10.8 Å². The topological polar surface area (TPSA) is 58.0 Å². The van der Waals surface area contributed by atoms with Gasteiger partial charge in [-0.25, -0.2) is 0 Å². The van der Waals surface area contributed by atoms with E-state index in [9.17, 15) is 5.11 Å². The summed E-state index contributed by atoms with van der Waals surface area (Å²) in [6.07, 6.45) is 8.20. The lowest BCUT2D eigenvalue weighted by Crippen LogP contribution is -2.36. The summed E-state index contributed by atoms with van der Waals surface area (Å²) in [6, 6.07) is 8.04. The molecule has 0 amide bonds. The van der Waals surface area contributed by atoms with E-state index in [-0.39, 0.29) is 0 Å². The van der Waals surface area contributed by atoms with Crippen molar-refractivity contribution < 1.29 is 5.11 Å². The molecule has 1 aliphatic carbocycles. The van der Waals surface area contributed by atoms with Crippen molar-refractivity contribution >= 4 is 16.6 Å². The summed E-state index contributed by atoms with van der Waals surface area (Å²) in [7, 11) is 0. The molecule has 0 aliphatic heterocycles. The van der Waals surface area contributed by atoms with E-state index in [0.717, 1.165) is 42.3 Å². The smallest absolute Gasteiger partial charge is 0.156 e. The van der Waals surface area contributed by atoms with Gasteiger partial charge >= 0.3 is 0 Å². The van der Waals surface area contributed by atoms with E-state index in [1.807, 2.05) is 24.3 Å². The third kappa shape index (κ3) is 2.90. The van der Waals surface area contributed by atoms with Crippen molar-refractivity contribution in [1.29, 1.82) is 0 Å². The van der Waals surface area contributed by atoms with E-state index in [1.54, 1.807) is 6.20 Å². The molecule has 0 bridgehead atoms. The first-order valence-electron chi connectivity index (χ1n) is 7.44. The van der Waals surface area contributed by atoms with Gasteiger partial charge in [-0.15, -0.1) is 5.10 Å². The van der Waals surface area contributed by atoms with E-state index in [1.165, 1.54) is 12.8 Å². The van der Waals surface area contributed by atoms with Gasteiger partial charge in [0.25, 0.3) is 0 Å². The van der Waals surface area contributed by atoms with Crippen molar-refractivity contribution in [3.8, 4) is 0 Å². The van der Waals surface area contributed by atoms with Gasteiger partial charge in [-0.1, -0.05) is 49.9 Å². The normalized spacial score (nSPS) is 18.6. The van der Waals surface area contributed by atoms with Crippen molar-refractivity contribution in [2.24, 2.45) is 0 Å². The Kier molecular flexibility index (Phi) is 3.83. The molecule has 1 aliphatic rings. The van der Waals surface area contributed by atoms with Gasteiger partial charge in [-0.2, -0.15) is 5.10 Å². The predicted molar refractivity (Wildman–Crippen MR) is 80.7 cm³/mol. The molecular weight excluding hydrogens is 250 g/mol. The first kappa shape index (κ1) is 13.3. The second-order valence-corrected chi connectivity index (χ2v) is 5.77. The Bertz CT molecular complexity index is 571. The SMILES string of the molecule is OC1(CNc2nncc3ccccc23)CCCCCC1. The Labute approximate surface area is 119 Å². The maximum atomic E-state index is 10.7. The number of anilines is 1. The molecule has 0 radical (unpaired) electrons. The van der Waals surface area contributed by atoms with Gasteiger partial charge in [0.15, 0.2) is 5.82 Å². The lowest BCUT2D eigenvalue weighted by atomic mass is 9.94. The predicted octanol–water partition coefficient (Wildman–Crippen LogP) is 3.13. The van der Waals surface area contributed by atoms with Crippen molar-refractivity contribution in [3.63, 3.8) is 0 Å². The van der Waals surface area contributed by atoms with Crippen molar-refractivity contribution in [1.82, 2.24) is 10.2 Å². The molecule has 3 rings (SSSR count). The molecule has 1 aromatic heterocycles. The molecule has 4 nitrogen and oxygen atoms in total. The fourth-order valence-corrected chi connectivity index (χ4v) is 2.97. The summed E-state index contributed by atoms with van der Waals surface area (Å²) in [5, 5.41) is 24.3. The minimum absolute atomic E-state index is 0.551. The van der Waals surface area contributed by atoms with Crippen molar-refractivity contribution in [2.75, 3.05) is 11.9 Å². The molecule has 2 aromatic rings. The van der Waals surface area contributed by atoms with Crippen LogP contribution in [0.2, 0.25) is 0 Å². The average Bonchev–Trinajstić information content (AvgIpc) is 2.70. The highest BCUT2D eigenvalue weighted by Gasteiger charge is 2.27. The van der Waals surface area contributed by atoms with Crippen molar-refractivity contribution in [3.05, 3.63) is 30.5 Å². The zero-order chi connectivity index (χ0) is 13.8. The zero-order valence-corrected chi connectivity index (χ0v) is 11.7. The summed E-state index contributed by atoms with van der Waals surface area (Å²) in [5.74, 6) is 0.765. The molecule has 1 aromatic carbocycles. The lowest BCUT2D eigenvalue weighted by molar-refractivity contribution is 0.0381. The molecule has 1 saturated carbocycles. The number of benzene rings is 1. The number of rotatable bonds is 3. The lowest BCUT2D eigenvalue weighted by Gasteiger charge is -2.27. The minimum atomic E-state index is -0.602. The van der Waals surface area contributed by atoms with Gasteiger partial charge in [0.2, 0.25) is 0 Å². The Morgan fingerprint density at radius 2 is 1.85 bits per heavy atom. The second kappa shape index (κ2) is 5.75. The number of fused-ring (bicyclic) bond motifs is 1. The van der Waals surface area contributed by atoms with Crippen LogP contribution in [0.5, 0.6) is 0 Å². The molecule has 1 fully saturated rings. The van der Waals surface area contributed by atoms with Gasteiger partial charge in [-0.05, 0) is 12.8 Å². The van der Waals surface area contributed by atoms with Crippen LogP contribution in [0.3, 0.4) is 0 Å². The second-order valence-electron chi connectivity index (χ2n) is 5.77. The van der Waals surface area contributed by atoms with Crippen LogP contribution < -0.4 is 5.32 Å². The maximum Gasteiger partial charge on any atom is 0.156 e. The minimum Gasteiger partial charge on any atom is -0.388 e. The summed E-state index contributed by atoms with van der Waals surface area (Å²) in [4.78, 5) is 0. The van der Waals surface area contributed by atoms with Crippen LogP contribution >= 0.6 is 0 Å². The highest BCUT2D eigenvalue weighted by molar-refractivity contribution is 5.90. The molecule has 0 unspecified atom stereocenters. The molecule has 2 N–H and O–H groups in total. The van der Waals surface area contributed by atoms with E-state index in [2.05, 4.69) is 15.5 Å². The van der Waals surface area contributed by atoms with Gasteiger partial charge in [-0.3, -0.25) is 0 Å². The summed E-state index contributed by atoms with van der Waals surface area (Å²) in [5.41, 5.74) is -0.602. The van der Waals surface area contributed by atoms with Crippen LogP contribution in [0.4, 0.5) is 5.82 Å². The third-order valence-electron chi connectivity index (χ3n) is 4.19. The fourth-order valence-electron chi connectivity index (χ4n) is 2.97. The number of hydrogen-bond donors (Lipinski definition) is 2. The number of nitrogens with one attached hydrogen (secondary N) is 1. The number of nitrogens with zero attached hydrogens (tertiary/aromatic N) is 2. The Morgan fingerprint density at radius 1 is 1.10 bits per heavy atom. The van der Waals surface area contributed by atoms with Gasteiger partial charge in [0.05, 0.1) is 11.8 Å². The highest BCUT2D eigenvalue weighted by atomic mass is 16.3. The van der Waals surface area contributed by atoms with Crippen LogP contribution in [0.15, 0.2) is 30.5 Å². The molecule has 4 heteroatoms. The van der Waals surface area contributed by atoms with Crippen LogP contribution in [0.1, 0.15) is 38.5 Å². The number of hydrogen-bond acceptors (Lipinski definition) is 4.